The number of fused-ring (bicyclic) bond motifs is 1. The van der Waals surface area contributed by atoms with E-state index in [0.717, 1.165) is 33.9 Å². The second kappa shape index (κ2) is 6.99. The first-order valence-electron chi connectivity index (χ1n) is 10.2. The topological polar surface area (TPSA) is 35.6 Å². The number of hydrogen-bond donors (Lipinski definition) is 0. The summed E-state index contributed by atoms with van der Waals surface area (Å²) in [5.41, 5.74) is 9.23. The summed E-state index contributed by atoms with van der Waals surface area (Å²) in [6.07, 6.45) is 3.92. The SMILES string of the molecule is Cc1cc(C)c(-n2ccnc2-c2ccc3nc(C)n(-c4ccccc4)c3c2)c(C)c1. The van der Waals surface area contributed by atoms with Crippen LogP contribution < -0.4 is 0 Å². The molecule has 3 aromatic carbocycles. The Morgan fingerprint density at radius 1 is 0.800 bits per heavy atom. The third kappa shape index (κ3) is 2.92. The molecule has 0 bridgehead atoms. The maximum absolute atomic E-state index is 4.77. The predicted octanol–water partition coefficient (Wildman–Crippen LogP) is 6.11. The van der Waals surface area contributed by atoms with Crippen LogP contribution >= 0.6 is 0 Å². The Morgan fingerprint density at radius 3 is 2.27 bits per heavy atom. The molecule has 4 nitrogen and oxygen atoms in total. The van der Waals surface area contributed by atoms with E-state index in [2.05, 4.69) is 84.5 Å². The lowest BCUT2D eigenvalue weighted by molar-refractivity contribution is 1.00. The second-order valence-corrected chi connectivity index (χ2v) is 7.90. The average Bonchev–Trinajstić information content (AvgIpc) is 3.31. The minimum Gasteiger partial charge on any atom is -0.299 e. The van der Waals surface area contributed by atoms with Gasteiger partial charge in [0.1, 0.15) is 11.6 Å². The molecule has 2 heterocycles. The number of benzene rings is 3. The molecule has 0 saturated heterocycles. The van der Waals surface area contributed by atoms with Crippen LogP contribution in [0.25, 0.3) is 33.8 Å². The second-order valence-electron chi connectivity index (χ2n) is 7.90. The van der Waals surface area contributed by atoms with Gasteiger partial charge in [-0.2, -0.15) is 0 Å². The molecule has 0 aliphatic heterocycles. The summed E-state index contributed by atoms with van der Waals surface area (Å²) in [7, 11) is 0. The van der Waals surface area contributed by atoms with Crippen LogP contribution in [0, 0.1) is 27.7 Å². The smallest absolute Gasteiger partial charge is 0.144 e. The summed E-state index contributed by atoms with van der Waals surface area (Å²) in [4.78, 5) is 9.48. The van der Waals surface area contributed by atoms with Crippen LogP contribution in [0.15, 0.2) is 73.1 Å². The van der Waals surface area contributed by atoms with Crippen LogP contribution in [-0.4, -0.2) is 19.1 Å². The molecule has 0 atom stereocenters. The maximum Gasteiger partial charge on any atom is 0.144 e. The van der Waals surface area contributed by atoms with E-state index >= 15 is 0 Å². The minimum atomic E-state index is 0.936. The highest BCUT2D eigenvalue weighted by Gasteiger charge is 2.15. The van der Waals surface area contributed by atoms with Crippen molar-refractivity contribution in [3.8, 4) is 22.8 Å². The van der Waals surface area contributed by atoms with E-state index in [0.29, 0.717) is 0 Å². The van der Waals surface area contributed by atoms with Crippen LogP contribution in [0.3, 0.4) is 0 Å². The molecule has 0 amide bonds. The highest BCUT2D eigenvalue weighted by Crippen LogP contribution is 2.30. The standard InChI is InChI=1S/C26H24N4/c1-17-14-18(2)25(19(3)15-17)29-13-12-27-26(29)21-10-11-23-24(16-21)30(20(4)28-23)22-8-6-5-7-9-22/h5-16H,1-4H3. The molecule has 0 aliphatic rings. The van der Waals surface area contributed by atoms with Crippen LogP contribution in [-0.2, 0) is 0 Å². The first-order valence-corrected chi connectivity index (χ1v) is 10.2. The number of nitrogens with zero attached hydrogens (tertiary/aromatic N) is 4. The van der Waals surface area contributed by atoms with Gasteiger partial charge in [0.05, 0.1) is 16.7 Å². The Labute approximate surface area is 176 Å². The van der Waals surface area contributed by atoms with Gasteiger partial charge in [-0.1, -0.05) is 35.9 Å². The molecule has 0 spiro atoms. The van der Waals surface area contributed by atoms with E-state index in [1.807, 2.05) is 25.4 Å². The van der Waals surface area contributed by atoms with E-state index in [9.17, 15) is 0 Å². The van der Waals surface area contributed by atoms with Crippen LogP contribution in [0.2, 0.25) is 0 Å². The lowest BCUT2D eigenvalue weighted by atomic mass is 10.0. The molecule has 0 N–H and O–H groups in total. The highest BCUT2D eigenvalue weighted by atomic mass is 15.1. The van der Waals surface area contributed by atoms with Gasteiger partial charge < -0.3 is 0 Å². The molecule has 148 valence electrons. The normalized spacial score (nSPS) is 11.3. The van der Waals surface area contributed by atoms with Gasteiger partial charge in [-0.3, -0.25) is 9.13 Å². The fourth-order valence-corrected chi connectivity index (χ4v) is 4.49. The largest absolute Gasteiger partial charge is 0.299 e. The van der Waals surface area contributed by atoms with Crippen molar-refractivity contribution < 1.29 is 0 Å². The van der Waals surface area contributed by atoms with Crippen LogP contribution in [0.5, 0.6) is 0 Å². The van der Waals surface area contributed by atoms with Crippen LogP contribution in [0.4, 0.5) is 0 Å². The summed E-state index contributed by atoms with van der Waals surface area (Å²) in [6.45, 7) is 8.51. The zero-order valence-electron chi connectivity index (χ0n) is 17.7. The van der Waals surface area contributed by atoms with Gasteiger partial charge in [-0.25, -0.2) is 9.97 Å². The Balaban J connectivity index is 1.71. The molecule has 0 aliphatic carbocycles. The van der Waals surface area contributed by atoms with Gasteiger partial charge in [-0.05, 0) is 69.2 Å². The first kappa shape index (κ1) is 18.4. The Bertz CT molecular complexity index is 1350. The lowest BCUT2D eigenvalue weighted by Gasteiger charge is -2.15. The molecule has 5 aromatic rings. The monoisotopic (exact) mass is 392 g/mol. The molecular formula is C26H24N4. The van der Waals surface area contributed by atoms with Gasteiger partial charge in [-0.15, -0.1) is 0 Å². The Morgan fingerprint density at radius 2 is 1.53 bits per heavy atom. The average molecular weight is 393 g/mol. The van der Waals surface area contributed by atoms with Gasteiger partial charge in [0.15, 0.2) is 0 Å². The fourth-order valence-electron chi connectivity index (χ4n) is 4.49. The zero-order chi connectivity index (χ0) is 20.8. The van der Waals surface area contributed by atoms with Crippen molar-refractivity contribution >= 4 is 11.0 Å². The van der Waals surface area contributed by atoms with Crippen LogP contribution in [0.1, 0.15) is 22.5 Å². The lowest BCUT2D eigenvalue weighted by Crippen LogP contribution is -2.02. The third-order valence-electron chi connectivity index (χ3n) is 5.61. The zero-order valence-corrected chi connectivity index (χ0v) is 17.7. The summed E-state index contributed by atoms with van der Waals surface area (Å²) in [5, 5.41) is 0. The number of imidazole rings is 2. The van der Waals surface area contributed by atoms with Crippen molar-refractivity contribution in [1.82, 2.24) is 19.1 Å². The van der Waals surface area contributed by atoms with E-state index < -0.39 is 0 Å². The molecular weight excluding hydrogens is 368 g/mol. The molecule has 4 heteroatoms. The predicted molar refractivity (Wildman–Crippen MR) is 123 cm³/mol. The third-order valence-corrected chi connectivity index (χ3v) is 5.61. The number of aryl methyl sites for hydroxylation is 4. The van der Waals surface area contributed by atoms with Crippen molar-refractivity contribution in [3.63, 3.8) is 0 Å². The number of aromatic nitrogens is 4. The Kier molecular flexibility index (Phi) is 4.28. The minimum absolute atomic E-state index is 0.936. The van der Waals surface area contributed by atoms with E-state index in [-0.39, 0.29) is 0 Å². The van der Waals surface area contributed by atoms with Gasteiger partial charge in [0.25, 0.3) is 0 Å². The Hall–Kier alpha value is -3.66. The summed E-state index contributed by atoms with van der Waals surface area (Å²) in [5.74, 6) is 1.91. The quantitative estimate of drug-likeness (QED) is 0.371. The van der Waals surface area contributed by atoms with Gasteiger partial charge >= 0.3 is 0 Å². The first-order chi connectivity index (χ1) is 14.5. The van der Waals surface area contributed by atoms with E-state index in [1.165, 1.54) is 22.4 Å². The van der Waals surface area contributed by atoms with Crippen molar-refractivity contribution in [1.29, 1.82) is 0 Å². The molecule has 0 saturated carbocycles. The van der Waals surface area contributed by atoms with Crippen molar-refractivity contribution in [2.24, 2.45) is 0 Å². The highest BCUT2D eigenvalue weighted by molar-refractivity contribution is 5.83. The molecule has 30 heavy (non-hydrogen) atoms. The molecule has 0 unspecified atom stereocenters. The van der Waals surface area contributed by atoms with Gasteiger partial charge in [0, 0.05) is 23.6 Å². The fraction of sp³-hybridized carbons (Fsp3) is 0.154. The summed E-state index contributed by atoms with van der Waals surface area (Å²) in [6, 6.07) is 21.2. The summed E-state index contributed by atoms with van der Waals surface area (Å²) >= 11 is 0. The van der Waals surface area contributed by atoms with E-state index in [1.54, 1.807) is 0 Å². The van der Waals surface area contributed by atoms with E-state index in [4.69, 9.17) is 9.97 Å². The van der Waals surface area contributed by atoms with Crippen molar-refractivity contribution in [2.75, 3.05) is 0 Å². The molecule has 5 rings (SSSR count). The van der Waals surface area contributed by atoms with Gasteiger partial charge in [0.2, 0.25) is 0 Å². The van der Waals surface area contributed by atoms with Crippen molar-refractivity contribution in [2.45, 2.75) is 27.7 Å². The molecule has 0 radical (unpaired) electrons. The molecule has 2 aromatic heterocycles. The van der Waals surface area contributed by atoms with Crippen molar-refractivity contribution in [3.05, 3.63) is 95.6 Å². The molecule has 0 fully saturated rings. The summed E-state index contributed by atoms with van der Waals surface area (Å²) < 4.78 is 4.40. The maximum atomic E-state index is 4.77. The number of hydrogen-bond acceptors (Lipinski definition) is 2. The number of rotatable bonds is 3. The number of para-hydroxylation sites is 1.